The first-order valence-corrected chi connectivity index (χ1v) is 7.72. The number of anilines is 1. The van der Waals surface area contributed by atoms with Gasteiger partial charge in [0.1, 0.15) is 0 Å². The van der Waals surface area contributed by atoms with Crippen molar-refractivity contribution in [3.8, 4) is 0 Å². The van der Waals surface area contributed by atoms with Gasteiger partial charge in [-0.05, 0) is 30.5 Å². The summed E-state index contributed by atoms with van der Waals surface area (Å²) in [5.74, 6) is -0.110. The normalized spacial score (nSPS) is 10.4. The van der Waals surface area contributed by atoms with Gasteiger partial charge in [-0.25, -0.2) is 0 Å². The zero-order valence-corrected chi connectivity index (χ0v) is 12.6. The number of carbonyl (C=O) groups excluding carboxylic acids is 1. The molecule has 1 aromatic carbocycles. The average molecular weight is 277 g/mol. The Balaban J connectivity index is 2.03. The van der Waals surface area contributed by atoms with Crippen LogP contribution in [-0.4, -0.2) is 12.6 Å². The molecule has 0 radical (unpaired) electrons. The molecule has 0 bridgehead atoms. The minimum absolute atomic E-state index is 0.110. The molecule has 0 aromatic heterocycles. The van der Waals surface area contributed by atoms with Gasteiger partial charge in [0.15, 0.2) is 0 Å². The van der Waals surface area contributed by atoms with E-state index in [0.29, 0.717) is 19.4 Å². The molecule has 0 saturated carbocycles. The topological polar surface area (TPSA) is 52.3 Å². The molecule has 0 aliphatic heterocycles. The maximum absolute atomic E-state index is 11.6. The molecule has 20 heavy (non-hydrogen) atoms. The Labute approximate surface area is 122 Å². The first-order valence-electron chi connectivity index (χ1n) is 7.72. The van der Waals surface area contributed by atoms with E-state index in [1.165, 1.54) is 25.7 Å². The molecule has 3 heteroatoms. The van der Waals surface area contributed by atoms with Crippen LogP contribution >= 0.6 is 0 Å². The van der Waals surface area contributed by atoms with E-state index in [2.05, 4.69) is 6.92 Å². The molecular formula is C17H27NO2. The van der Waals surface area contributed by atoms with E-state index in [1.54, 1.807) is 0 Å². The van der Waals surface area contributed by atoms with E-state index in [0.717, 1.165) is 24.1 Å². The molecule has 1 rings (SSSR count). The third kappa shape index (κ3) is 7.82. The third-order valence-corrected chi connectivity index (χ3v) is 3.33. The van der Waals surface area contributed by atoms with Gasteiger partial charge in [0.2, 0.25) is 0 Å². The van der Waals surface area contributed by atoms with Gasteiger partial charge in [-0.15, -0.1) is 0 Å². The molecule has 0 amide bonds. The van der Waals surface area contributed by atoms with Crippen LogP contribution in [0.2, 0.25) is 0 Å². The third-order valence-electron chi connectivity index (χ3n) is 3.33. The Kier molecular flexibility index (Phi) is 8.52. The number of benzene rings is 1. The Bertz CT molecular complexity index is 390. The van der Waals surface area contributed by atoms with Gasteiger partial charge in [0.05, 0.1) is 6.61 Å². The van der Waals surface area contributed by atoms with Crippen LogP contribution in [0.3, 0.4) is 0 Å². The summed E-state index contributed by atoms with van der Waals surface area (Å²) in [6.07, 6.45) is 8.36. The zero-order chi connectivity index (χ0) is 14.6. The number of rotatable bonds is 10. The maximum atomic E-state index is 11.6. The second-order valence-electron chi connectivity index (χ2n) is 5.23. The van der Waals surface area contributed by atoms with Gasteiger partial charge in [-0.1, -0.05) is 51.2 Å². The van der Waals surface area contributed by atoms with Crippen LogP contribution in [-0.2, 0) is 16.0 Å². The monoisotopic (exact) mass is 277 g/mol. The van der Waals surface area contributed by atoms with Gasteiger partial charge in [0, 0.05) is 12.1 Å². The summed E-state index contributed by atoms with van der Waals surface area (Å²) in [4.78, 5) is 11.6. The molecule has 0 heterocycles. The lowest BCUT2D eigenvalue weighted by Crippen LogP contribution is -2.07. The quantitative estimate of drug-likeness (QED) is 0.398. The minimum atomic E-state index is -0.110. The van der Waals surface area contributed by atoms with Crippen molar-refractivity contribution in [1.82, 2.24) is 0 Å². The number of ether oxygens (including phenoxy) is 1. The fourth-order valence-electron chi connectivity index (χ4n) is 2.14. The predicted octanol–water partition coefficient (Wildman–Crippen LogP) is 4.11. The van der Waals surface area contributed by atoms with Crippen LogP contribution in [0, 0.1) is 0 Å². The van der Waals surface area contributed by atoms with Crippen molar-refractivity contribution in [2.75, 3.05) is 12.3 Å². The summed E-state index contributed by atoms with van der Waals surface area (Å²) in [5, 5.41) is 0. The lowest BCUT2D eigenvalue weighted by atomic mass is 10.1. The summed E-state index contributed by atoms with van der Waals surface area (Å²) in [6, 6.07) is 7.64. The minimum Gasteiger partial charge on any atom is -0.466 e. The molecule has 0 saturated heterocycles. The van der Waals surface area contributed by atoms with Gasteiger partial charge in [-0.2, -0.15) is 0 Å². The van der Waals surface area contributed by atoms with Crippen molar-refractivity contribution in [2.45, 2.75) is 58.3 Å². The Morgan fingerprint density at radius 1 is 1.15 bits per heavy atom. The van der Waals surface area contributed by atoms with Crippen molar-refractivity contribution in [2.24, 2.45) is 0 Å². The van der Waals surface area contributed by atoms with E-state index < -0.39 is 0 Å². The van der Waals surface area contributed by atoms with Crippen molar-refractivity contribution >= 4 is 11.7 Å². The van der Waals surface area contributed by atoms with Crippen LogP contribution in [0.5, 0.6) is 0 Å². The number of nitrogens with two attached hydrogens (primary N) is 1. The Hall–Kier alpha value is -1.51. The highest BCUT2D eigenvalue weighted by atomic mass is 16.5. The van der Waals surface area contributed by atoms with Crippen LogP contribution < -0.4 is 5.73 Å². The summed E-state index contributed by atoms with van der Waals surface area (Å²) in [7, 11) is 0. The number of hydrogen-bond donors (Lipinski definition) is 1. The smallest absolute Gasteiger partial charge is 0.306 e. The first kappa shape index (κ1) is 16.5. The van der Waals surface area contributed by atoms with Crippen molar-refractivity contribution in [3.05, 3.63) is 29.8 Å². The van der Waals surface area contributed by atoms with E-state index >= 15 is 0 Å². The van der Waals surface area contributed by atoms with E-state index in [4.69, 9.17) is 10.5 Å². The highest BCUT2D eigenvalue weighted by molar-refractivity contribution is 5.69. The first-order chi connectivity index (χ1) is 9.72. The standard InChI is InChI=1S/C17H27NO2/c1-2-3-4-5-6-7-13-20-17(19)12-11-15-9-8-10-16(18)14-15/h8-10,14H,2-7,11-13,18H2,1H3. The molecule has 0 unspecified atom stereocenters. The molecule has 2 N–H and O–H groups in total. The van der Waals surface area contributed by atoms with Crippen LogP contribution in [0.1, 0.15) is 57.4 Å². The fourth-order valence-corrected chi connectivity index (χ4v) is 2.14. The second-order valence-corrected chi connectivity index (χ2v) is 5.23. The van der Waals surface area contributed by atoms with Crippen LogP contribution in [0.15, 0.2) is 24.3 Å². The number of nitrogen functional groups attached to an aromatic ring is 1. The lowest BCUT2D eigenvalue weighted by molar-refractivity contribution is -0.143. The highest BCUT2D eigenvalue weighted by Crippen LogP contribution is 2.09. The SMILES string of the molecule is CCCCCCCCOC(=O)CCc1cccc(N)c1. The number of hydrogen-bond acceptors (Lipinski definition) is 3. The molecule has 112 valence electrons. The predicted molar refractivity (Wildman–Crippen MR) is 83.5 cm³/mol. The van der Waals surface area contributed by atoms with Gasteiger partial charge >= 0.3 is 5.97 Å². The van der Waals surface area contributed by atoms with Crippen molar-refractivity contribution in [1.29, 1.82) is 0 Å². The largest absolute Gasteiger partial charge is 0.466 e. The number of unbranched alkanes of at least 4 members (excludes halogenated alkanes) is 5. The lowest BCUT2D eigenvalue weighted by Gasteiger charge is -2.05. The summed E-state index contributed by atoms with van der Waals surface area (Å²) in [6.45, 7) is 2.77. The molecule has 0 aliphatic carbocycles. The van der Waals surface area contributed by atoms with Gasteiger partial charge in [-0.3, -0.25) is 4.79 Å². The zero-order valence-electron chi connectivity index (χ0n) is 12.6. The average Bonchev–Trinajstić information content (AvgIpc) is 2.44. The van der Waals surface area contributed by atoms with Gasteiger partial charge < -0.3 is 10.5 Å². The number of esters is 1. The molecular weight excluding hydrogens is 250 g/mol. The molecule has 1 aromatic rings. The van der Waals surface area contributed by atoms with Gasteiger partial charge in [0.25, 0.3) is 0 Å². The molecule has 0 aliphatic rings. The molecule has 3 nitrogen and oxygen atoms in total. The summed E-state index contributed by atoms with van der Waals surface area (Å²) < 4.78 is 5.23. The van der Waals surface area contributed by atoms with Crippen LogP contribution in [0.4, 0.5) is 5.69 Å². The summed E-state index contributed by atoms with van der Waals surface area (Å²) in [5.41, 5.74) is 7.52. The van der Waals surface area contributed by atoms with Crippen LogP contribution in [0.25, 0.3) is 0 Å². The van der Waals surface area contributed by atoms with E-state index in [1.807, 2.05) is 24.3 Å². The highest BCUT2D eigenvalue weighted by Gasteiger charge is 2.03. The van der Waals surface area contributed by atoms with Crippen molar-refractivity contribution < 1.29 is 9.53 Å². The van der Waals surface area contributed by atoms with Crippen molar-refractivity contribution in [3.63, 3.8) is 0 Å². The molecule has 0 spiro atoms. The maximum Gasteiger partial charge on any atom is 0.306 e. The molecule has 0 fully saturated rings. The second kappa shape index (κ2) is 10.3. The van der Waals surface area contributed by atoms with E-state index in [9.17, 15) is 4.79 Å². The Morgan fingerprint density at radius 3 is 2.65 bits per heavy atom. The van der Waals surface area contributed by atoms with E-state index in [-0.39, 0.29) is 5.97 Å². The Morgan fingerprint density at radius 2 is 1.90 bits per heavy atom. The fraction of sp³-hybridized carbons (Fsp3) is 0.588. The summed E-state index contributed by atoms with van der Waals surface area (Å²) >= 11 is 0. The number of carbonyl (C=O) groups is 1. The molecule has 0 atom stereocenters. The number of aryl methyl sites for hydroxylation is 1.